The van der Waals surface area contributed by atoms with E-state index in [0.29, 0.717) is 17.8 Å². The Labute approximate surface area is 178 Å². The minimum absolute atomic E-state index is 0.0874. The first-order valence-corrected chi connectivity index (χ1v) is 10.6. The minimum atomic E-state index is -0.984. The quantitative estimate of drug-likeness (QED) is 0.615. The fraction of sp³-hybridized carbons (Fsp3) is 0.478. The lowest BCUT2D eigenvalue weighted by atomic mass is 10.1. The average Bonchev–Trinajstić information content (AvgIpc) is 3.00. The largest absolute Gasteiger partial charge is 0.478 e. The van der Waals surface area contributed by atoms with Gasteiger partial charge < -0.3 is 19.9 Å². The van der Waals surface area contributed by atoms with E-state index in [-0.39, 0.29) is 17.9 Å². The average molecular weight is 413 g/mol. The summed E-state index contributed by atoms with van der Waals surface area (Å²) in [5, 5.41) is 12.3. The SMILES string of the molecule is Cc1cn(C)c(CC(=O)NCCCN2CCN(Cc3ccccc3)CC2)c1C(=O)O. The predicted octanol–water partition coefficient (Wildman–Crippen LogP) is 1.90. The van der Waals surface area contributed by atoms with Crippen LogP contribution in [0.4, 0.5) is 0 Å². The van der Waals surface area contributed by atoms with Crippen molar-refractivity contribution in [2.24, 2.45) is 7.05 Å². The number of piperazine rings is 1. The van der Waals surface area contributed by atoms with Crippen molar-refractivity contribution in [1.82, 2.24) is 19.7 Å². The summed E-state index contributed by atoms with van der Waals surface area (Å²) in [6.45, 7) is 8.54. The highest BCUT2D eigenvalue weighted by Gasteiger charge is 2.20. The van der Waals surface area contributed by atoms with E-state index in [9.17, 15) is 14.7 Å². The lowest BCUT2D eigenvalue weighted by Gasteiger charge is -2.34. The van der Waals surface area contributed by atoms with E-state index in [2.05, 4.69) is 39.4 Å². The highest BCUT2D eigenvalue weighted by atomic mass is 16.4. The lowest BCUT2D eigenvalue weighted by Crippen LogP contribution is -2.46. The van der Waals surface area contributed by atoms with Crippen LogP contribution in [0.1, 0.15) is 33.6 Å². The lowest BCUT2D eigenvalue weighted by molar-refractivity contribution is -0.120. The Bertz CT molecular complexity index is 855. The molecule has 0 bridgehead atoms. The Kier molecular flexibility index (Phi) is 7.65. The summed E-state index contributed by atoms with van der Waals surface area (Å²) in [5.41, 5.74) is 2.82. The van der Waals surface area contributed by atoms with Crippen molar-refractivity contribution in [2.45, 2.75) is 26.3 Å². The van der Waals surface area contributed by atoms with Crippen molar-refractivity contribution < 1.29 is 14.7 Å². The van der Waals surface area contributed by atoms with Crippen molar-refractivity contribution in [3.8, 4) is 0 Å². The van der Waals surface area contributed by atoms with Crippen molar-refractivity contribution >= 4 is 11.9 Å². The standard InChI is InChI=1S/C23H32N4O3/c1-18-16-25(2)20(22(18)23(29)30)15-21(28)24-9-6-10-26-11-13-27(14-12-26)17-19-7-4-3-5-8-19/h3-5,7-8,16H,6,9-15,17H2,1-2H3,(H,24,28)(H,29,30). The molecular weight excluding hydrogens is 380 g/mol. The van der Waals surface area contributed by atoms with Crippen LogP contribution < -0.4 is 5.32 Å². The monoisotopic (exact) mass is 412 g/mol. The van der Waals surface area contributed by atoms with Crippen LogP contribution in [0.25, 0.3) is 0 Å². The molecule has 7 heteroatoms. The number of nitrogens with one attached hydrogen (secondary N) is 1. The zero-order chi connectivity index (χ0) is 21.5. The Morgan fingerprint density at radius 2 is 1.73 bits per heavy atom. The van der Waals surface area contributed by atoms with Gasteiger partial charge in [0.2, 0.25) is 5.91 Å². The van der Waals surface area contributed by atoms with Gasteiger partial charge in [0.25, 0.3) is 0 Å². The second-order valence-electron chi connectivity index (χ2n) is 8.03. The van der Waals surface area contributed by atoms with Gasteiger partial charge in [0, 0.05) is 58.2 Å². The maximum atomic E-state index is 12.3. The molecule has 3 rings (SSSR count). The number of amides is 1. The van der Waals surface area contributed by atoms with Crippen LogP contribution in [-0.2, 0) is 24.8 Å². The number of carboxylic acids is 1. The van der Waals surface area contributed by atoms with Gasteiger partial charge in [0.05, 0.1) is 12.0 Å². The number of aromatic carboxylic acids is 1. The van der Waals surface area contributed by atoms with E-state index in [1.54, 1.807) is 24.7 Å². The van der Waals surface area contributed by atoms with Crippen LogP contribution in [0.3, 0.4) is 0 Å². The van der Waals surface area contributed by atoms with Crippen LogP contribution in [0.2, 0.25) is 0 Å². The number of rotatable bonds is 9. The number of benzene rings is 1. The molecule has 1 fully saturated rings. The molecule has 2 aromatic rings. The van der Waals surface area contributed by atoms with Crippen LogP contribution in [0, 0.1) is 6.92 Å². The van der Waals surface area contributed by atoms with E-state index in [4.69, 9.17) is 0 Å². The van der Waals surface area contributed by atoms with Crippen molar-refractivity contribution in [2.75, 3.05) is 39.3 Å². The molecular formula is C23H32N4O3. The first-order chi connectivity index (χ1) is 14.4. The minimum Gasteiger partial charge on any atom is -0.478 e. The number of aryl methyl sites for hydroxylation is 2. The van der Waals surface area contributed by atoms with Crippen LogP contribution in [0.15, 0.2) is 36.5 Å². The predicted molar refractivity (Wildman–Crippen MR) is 117 cm³/mol. The van der Waals surface area contributed by atoms with E-state index in [1.165, 1.54) is 5.56 Å². The van der Waals surface area contributed by atoms with Crippen LogP contribution in [-0.4, -0.2) is 70.6 Å². The molecule has 2 heterocycles. The molecule has 1 aromatic carbocycles. The van der Waals surface area contributed by atoms with Crippen molar-refractivity contribution in [3.63, 3.8) is 0 Å². The van der Waals surface area contributed by atoms with E-state index >= 15 is 0 Å². The van der Waals surface area contributed by atoms with Gasteiger partial charge in [-0.25, -0.2) is 4.79 Å². The van der Waals surface area contributed by atoms with Gasteiger partial charge in [0.1, 0.15) is 0 Å². The Balaban J connectivity index is 1.34. The number of aromatic nitrogens is 1. The number of carbonyl (C=O) groups is 2. The number of nitrogens with zero attached hydrogens (tertiary/aromatic N) is 3. The smallest absolute Gasteiger partial charge is 0.337 e. The molecule has 0 saturated carbocycles. The fourth-order valence-electron chi connectivity index (χ4n) is 4.10. The number of hydrogen-bond acceptors (Lipinski definition) is 4. The maximum Gasteiger partial charge on any atom is 0.337 e. The van der Waals surface area contributed by atoms with Gasteiger partial charge >= 0.3 is 5.97 Å². The molecule has 1 saturated heterocycles. The van der Waals surface area contributed by atoms with Crippen molar-refractivity contribution in [1.29, 1.82) is 0 Å². The molecule has 1 amide bonds. The molecule has 30 heavy (non-hydrogen) atoms. The molecule has 0 radical (unpaired) electrons. The van der Waals surface area contributed by atoms with Gasteiger partial charge in [-0.15, -0.1) is 0 Å². The van der Waals surface area contributed by atoms with Gasteiger partial charge in [0.15, 0.2) is 0 Å². The number of hydrogen-bond donors (Lipinski definition) is 2. The zero-order valence-electron chi connectivity index (χ0n) is 17.9. The summed E-state index contributed by atoms with van der Waals surface area (Å²) in [5.74, 6) is -1.12. The molecule has 0 spiro atoms. The van der Waals surface area contributed by atoms with Gasteiger partial charge in [-0.05, 0) is 31.0 Å². The highest BCUT2D eigenvalue weighted by Crippen LogP contribution is 2.16. The topological polar surface area (TPSA) is 77.8 Å². The summed E-state index contributed by atoms with van der Waals surface area (Å²) >= 11 is 0. The summed E-state index contributed by atoms with van der Waals surface area (Å²) in [4.78, 5) is 28.6. The second kappa shape index (κ2) is 10.4. The summed E-state index contributed by atoms with van der Waals surface area (Å²) in [6.07, 6.45) is 2.73. The molecule has 7 nitrogen and oxygen atoms in total. The second-order valence-corrected chi connectivity index (χ2v) is 8.03. The molecule has 0 unspecified atom stereocenters. The maximum absolute atomic E-state index is 12.3. The zero-order valence-corrected chi connectivity index (χ0v) is 17.9. The third-order valence-electron chi connectivity index (χ3n) is 5.73. The Morgan fingerprint density at radius 1 is 1.07 bits per heavy atom. The van der Waals surface area contributed by atoms with Gasteiger partial charge in [-0.1, -0.05) is 30.3 Å². The van der Waals surface area contributed by atoms with E-state index in [1.807, 2.05) is 6.07 Å². The molecule has 162 valence electrons. The molecule has 1 aromatic heterocycles. The summed E-state index contributed by atoms with van der Waals surface area (Å²) in [7, 11) is 1.78. The summed E-state index contributed by atoms with van der Waals surface area (Å²) in [6, 6.07) is 10.6. The van der Waals surface area contributed by atoms with Crippen LogP contribution in [0.5, 0.6) is 0 Å². The third kappa shape index (κ3) is 5.93. The fourth-order valence-corrected chi connectivity index (χ4v) is 4.10. The molecule has 1 aliphatic rings. The first kappa shape index (κ1) is 22.1. The number of carboxylic acid groups (broad SMARTS) is 1. The Morgan fingerprint density at radius 3 is 2.40 bits per heavy atom. The van der Waals surface area contributed by atoms with E-state index in [0.717, 1.165) is 45.7 Å². The molecule has 0 atom stereocenters. The van der Waals surface area contributed by atoms with Gasteiger partial charge in [-0.2, -0.15) is 0 Å². The molecule has 2 N–H and O–H groups in total. The van der Waals surface area contributed by atoms with E-state index < -0.39 is 5.97 Å². The molecule has 1 aliphatic heterocycles. The molecule has 0 aliphatic carbocycles. The van der Waals surface area contributed by atoms with Crippen LogP contribution >= 0.6 is 0 Å². The third-order valence-corrected chi connectivity index (χ3v) is 5.73. The van der Waals surface area contributed by atoms with Crippen molar-refractivity contribution in [3.05, 3.63) is 58.9 Å². The first-order valence-electron chi connectivity index (χ1n) is 10.6. The Hall–Kier alpha value is -2.64. The van der Waals surface area contributed by atoms with Gasteiger partial charge in [-0.3, -0.25) is 9.69 Å². The number of carbonyl (C=O) groups excluding carboxylic acids is 1. The highest BCUT2D eigenvalue weighted by molar-refractivity contribution is 5.93. The normalized spacial score (nSPS) is 15.3. The summed E-state index contributed by atoms with van der Waals surface area (Å²) < 4.78 is 1.73.